The summed E-state index contributed by atoms with van der Waals surface area (Å²) in [4.78, 5) is 31.5. The molecule has 0 fully saturated rings. The Bertz CT molecular complexity index is 1470. The first-order valence-corrected chi connectivity index (χ1v) is 15.7. The molecule has 0 radical (unpaired) electrons. The summed E-state index contributed by atoms with van der Waals surface area (Å²) in [5.74, 6) is -0.297. The molecule has 0 spiro atoms. The van der Waals surface area contributed by atoms with Gasteiger partial charge >= 0.3 is 0 Å². The van der Waals surface area contributed by atoms with E-state index in [1.165, 1.54) is 0 Å². The van der Waals surface area contributed by atoms with Crippen molar-refractivity contribution in [3.63, 3.8) is 0 Å². The van der Waals surface area contributed by atoms with Gasteiger partial charge in [0.05, 0.1) is 5.56 Å². The Hall–Kier alpha value is -3.95. The van der Waals surface area contributed by atoms with E-state index in [2.05, 4.69) is 0 Å². The van der Waals surface area contributed by atoms with Crippen LogP contribution >= 0.6 is 7.14 Å². The van der Waals surface area contributed by atoms with Gasteiger partial charge in [-0.2, -0.15) is 0 Å². The van der Waals surface area contributed by atoms with Gasteiger partial charge in [0.15, 0.2) is 7.14 Å². The minimum absolute atomic E-state index is 0.0958. The summed E-state index contributed by atoms with van der Waals surface area (Å²) >= 11 is 0. The molecule has 0 N–H and O–H groups in total. The van der Waals surface area contributed by atoms with Crippen LogP contribution < -0.4 is 15.9 Å². The van der Waals surface area contributed by atoms with E-state index in [4.69, 9.17) is 0 Å². The summed E-state index contributed by atoms with van der Waals surface area (Å²) in [5.41, 5.74) is 2.16. The van der Waals surface area contributed by atoms with Crippen LogP contribution in [0, 0.1) is 0 Å². The minimum Gasteiger partial charge on any atom is -0.339 e. The van der Waals surface area contributed by atoms with E-state index >= 15 is 4.57 Å². The standard InChI is InChI=1S/C34H37N2O3P/c1-5-35(6-2)33(37)30-23-16-15-22-28(30)29-24-17-25-31(32(29)34(38)36(7-3)8-4)40(39,26-18-11-9-12-19-26)27-20-13-10-14-21-27/h9-25H,5-8H2,1-4H3. The minimum atomic E-state index is -3.49. The molecule has 4 aromatic rings. The van der Waals surface area contributed by atoms with E-state index in [-0.39, 0.29) is 11.8 Å². The third kappa shape index (κ3) is 5.39. The van der Waals surface area contributed by atoms with Crippen LogP contribution in [0.5, 0.6) is 0 Å². The third-order valence-electron chi connectivity index (χ3n) is 7.38. The van der Waals surface area contributed by atoms with Crippen molar-refractivity contribution in [2.24, 2.45) is 0 Å². The average molecular weight is 553 g/mol. The maximum absolute atomic E-state index is 15.5. The molecule has 2 amide bonds. The van der Waals surface area contributed by atoms with Gasteiger partial charge in [0.1, 0.15) is 0 Å². The van der Waals surface area contributed by atoms with Crippen LogP contribution in [-0.2, 0) is 4.57 Å². The third-order valence-corrected chi connectivity index (χ3v) is 10.5. The number of hydrogen-bond acceptors (Lipinski definition) is 3. The van der Waals surface area contributed by atoms with Gasteiger partial charge in [-0.15, -0.1) is 0 Å². The molecule has 0 saturated heterocycles. The van der Waals surface area contributed by atoms with Crippen LogP contribution in [0.15, 0.2) is 103 Å². The summed E-state index contributed by atoms with van der Waals surface area (Å²) in [7, 11) is -3.49. The van der Waals surface area contributed by atoms with Crippen LogP contribution in [0.3, 0.4) is 0 Å². The van der Waals surface area contributed by atoms with Gasteiger partial charge in [-0.05, 0) is 44.9 Å². The first-order chi connectivity index (χ1) is 19.4. The van der Waals surface area contributed by atoms with Gasteiger partial charge < -0.3 is 14.4 Å². The molecular weight excluding hydrogens is 515 g/mol. The van der Waals surface area contributed by atoms with Gasteiger partial charge in [-0.25, -0.2) is 0 Å². The molecular formula is C34H37N2O3P. The Morgan fingerprint density at radius 1 is 0.550 bits per heavy atom. The number of nitrogens with zero attached hydrogens (tertiary/aromatic N) is 2. The summed E-state index contributed by atoms with van der Waals surface area (Å²) in [6.45, 7) is 9.95. The molecule has 6 heteroatoms. The molecule has 5 nitrogen and oxygen atoms in total. The van der Waals surface area contributed by atoms with E-state index in [1.807, 2.05) is 131 Å². The monoisotopic (exact) mass is 552 g/mol. The number of rotatable bonds is 10. The lowest BCUT2D eigenvalue weighted by Crippen LogP contribution is -2.37. The smallest absolute Gasteiger partial charge is 0.255 e. The zero-order valence-corrected chi connectivity index (χ0v) is 24.6. The largest absolute Gasteiger partial charge is 0.339 e. The Kier molecular flexibility index (Phi) is 9.39. The quantitative estimate of drug-likeness (QED) is 0.228. The van der Waals surface area contributed by atoms with Crippen LogP contribution in [0.2, 0.25) is 0 Å². The molecule has 0 aliphatic rings. The summed E-state index contributed by atoms with van der Waals surface area (Å²) in [5, 5.41) is 1.78. The Labute approximate surface area is 237 Å². The van der Waals surface area contributed by atoms with Crippen molar-refractivity contribution < 1.29 is 14.2 Å². The first-order valence-electron chi connectivity index (χ1n) is 13.9. The maximum atomic E-state index is 15.5. The highest BCUT2D eigenvalue weighted by atomic mass is 31.2. The second kappa shape index (κ2) is 12.9. The van der Waals surface area contributed by atoms with Gasteiger partial charge in [-0.1, -0.05) is 97.1 Å². The predicted octanol–water partition coefficient (Wildman–Crippen LogP) is 5.96. The molecule has 4 aromatic carbocycles. The maximum Gasteiger partial charge on any atom is 0.255 e. The highest BCUT2D eigenvalue weighted by molar-refractivity contribution is 7.85. The zero-order chi connectivity index (χ0) is 28.7. The van der Waals surface area contributed by atoms with Crippen molar-refractivity contribution in [3.8, 4) is 11.1 Å². The SMILES string of the molecule is CCN(CC)C(=O)c1ccccc1-c1cccc(P(=O)(c2ccccc2)c2ccccc2)c1C(=O)N(CC)CC. The number of amides is 2. The fourth-order valence-electron chi connectivity index (χ4n) is 5.21. The summed E-state index contributed by atoms with van der Waals surface area (Å²) < 4.78 is 15.5. The Morgan fingerprint density at radius 2 is 1.00 bits per heavy atom. The molecule has 40 heavy (non-hydrogen) atoms. The number of hydrogen-bond donors (Lipinski definition) is 0. The molecule has 0 heterocycles. The van der Waals surface area contributed by atoms with Crippen LogP contribution in [-0.4, -0.2) is 47.8 Å². The van der Waals surface area contributed by atoms with Crippen LogP contribution in [0.1, 0.15) is 48.4 Å². The topological polar surface area (TPSA) is 57.7 Å². The van der Waals surface area contributed by atoms with Crippen LogP contribution in [0.25, 0.3) is 11.1 Å². The molecule has 206 valence electrons. The van der Waals surface area contributed by atoms with Crippen molar-refractivity contribution in [3.05, 3.63) is 114 Å². The predicted molar refractivity (Wildman–Crippen MR) is 166 cm³/mol. The van der Waals surface area contributed by atoms with Gasteiger partial charge in [-0.3, -0.25) is 9.59 Å². The van der Waals surface area contributed by atoms with Gasteiger partial charge in [0.25, 0.3) is 11.8 Å². The Balaban J connectivity index is 2.11. The van der Waals surface area contributed by atoms with Crippen molar-refractivity contribution in [1.29, 1.82) is 0 Å². The van der Waals surface area contributed by atoms with Gasteiger partial charge in [0.2, 0.25) is 0 Å². The van der Waals surface area contributed by atoms with Crippen LogP contribution in [0.4, 0.5) is 0 Å². The second-order valence-electron chi connectivity index (χ2n) is 9.48. The second-order valence-corrected chi connectivity index (χ2v) is 12.2. The molecule has 0 aliphatic heterocycles. The number of carbonyl (C=O) groups is 2. The van der Waals surface area contributed by atoms with E-state index in [1.54, 1.807) is 9.80 Å². The molecule has 0 atom stereocenters. The van der Waals surface area contributed by atoms with E-state index in [9.17, 15) is 9.59 Å². The lowest BCUT2D eigenvalue weighted by atomic mass is 9.94. The normalized spacial score (nSPS) is 11.2. The molecule has 0 saturated carbocycles. The molecule has 0 bridgehead atoms. The number of benzene rings is 4. The average Bonchev–Trinajstić information content (AvgIpc) is 3.02. The fourth-order valence-corrected chi connectivity index (χ4v) is 8.07. The lowest BCUT2D eigenvalue weighted by molar-refractivity contribution is 0.0764. The van der Waals surface area contributed by atoms with E-state index in [0.717, 1.165) is 0 Å². The molecule has 0 aliphatic carbocycles. The zero-order valence-electron chi connectivity index (χ0n) is 23.7. The van der Waals surface area contributed by atoms with E-state index < -0.39 is 7.14 Å². The van der Waals surface area contributed by atoms with Crippen molar-refractivity contribution in [2.45, 2.75) is 27.7 Å². The molecule has 0 aromatic heterocycles. The summed E-state index contributed by atoms with van der Waals surface area (Å²) in [6.07, 6.45) is 0. The van der Waals surface area contributed by atoms with Crippen molar-refractivity contribution in [1.82, 2.24) is 9.80 Å². The lowest BCUT2D eigenvalue weighted by Gasteiger charge is -2.28. The number of carbonyl (C=O) groups excluding carboxylic acids is 2. The van der Waals surface area contributed by atoms with E-state index in [0.29, 0.717) is 64.3 Å². The van der Waals surface area contributed by atoms with Gasteiger partial charge in [0, 0.05) is 47.7 Å². The first kappa shape index (κ1) is 29.0. The fraction of sp³-hybridized carbons (Fsp3) is 0.235. The van der Waals surface area contributed by atoms with Crippen molar-refractivity contribution >= 4 is 34.9 Å². The summed E-state index contributed by atoms with van der Waals surface area (Å²) in [6, 6.07) is 31.7. The van der Waals surface area contributed by atoms with Crippen molar-refractivity contribution in [2.75, 3.05) is 26.2 Å². The molecule has 0 unspecified atom stereocenters. The highest BCUT2D eigenvalue weighted by Gasteiger charge is 2.36. The highest BCUT2D eigenvalue weighted by Crippen LogP contribution is 2.45. The Morgan fingerprint density at radius 3 is 1.52 bits per heavy atom. The molecule has 4 rings (SSSR count).